The summed E-state index contributed by atoms with van der Waals surface area (Å²) in [5.41, 5.74) is 0.862. The molecular weight excluding hydrogens is 444 g/mol. The summed E-state index contributed by atoms with van der Waals surface area (Å²) in [6.07, 6.45) is 2.77. The van der Waals surface area contributed by atoms with E-state index in [0.717, 1.165) is 17.6 Å². The number of thiazole rings is 1. The van der Waals surface area contributed by atoms with E-state index in [-0.39, 0.29) is 10.5 Å². The van der Waals surface area contributed by atoms with Crippen molar-refractivity contribution in [1.82, 2.24) is 14.4 Å². The van der Waals surface area contributed by atoms with Crippen molar-refractivity contribution in [2.45, 2.75) is 4.90 Å². The molecule has 0 aliphatic rings. The van der Waals surface area contributed by atoms with Crippen LogP contribution in [0.15, 0.2) is 58.4 Å². The van der Waals surface area contributed by atoms with Crippen LogP contribution >= 0.6 is 22.7 Å². The molecule has 0 radical (unpaired) electrons. The average molecular weight is 457 g/mol. The maximum Gasteiger partial charge on any atom is 0.267 e. The lowest BCUT2D eigenvalue weighted by atomic mass is 10.3. The second-order valence-corrected chi connectivity index (χ2v) is 10.6. The minimum absolute atomic E-state index is 0.194. The fourth-order valence-electron chi connectivity index (χ4n) is 3.01. The highest BCUT2D eigenvalue weighted by Gasteiger charge is 2.17. The van der Waals surface area contributed by atoms with E-state index < -0.39 is 15.7 Å². The Labute approximate surface area is 177 Å². The van der Waals surface area contributed by atoms with Crippen LogP contribution in [0.1, 0.15) is 9.67 Å². The first-order valence-electron chi connectivity index (χ1n) is 8.62. The lowest BCUT2D eigenvalue weighted by Crippen LogP contribution is -2.13. The molecule has 11 heteroatoms. The molecule has 4 heterocycles. The molecule has 0 spiro atoms. The van der Waals surface area contributed by atoms with Crippen molar-refractivity contribution in [1.29, 1.82) is 0 Å². The fourth-order valence-corrected chi connectivity index (χ4v) is 5.55. The molecule has 0 atom stereocenters. The zero-order valence-electron chi connectivity index (χ0n) is 15.3. The van der Waals surface area contributed by atoms with Crippen LogP contribution < -0.4 is 10.9 Å². The van der Waals surface area contributed by atoms with Gasteiger partial charge in [-0.15, -0.1) is 11.3 Å². The number of hydrogen-bond acceptors (Lipinski definition) is 8. The molecule has 150 valence electrons. The smallest absolute Gasteiger partial charge is 0.267 e. The Kier molecular flexibility index (Phi) is 4.20. The van der Waals surface area contributed by atoms with Gasteiger partial charge in [-0.1, -0.05) is 17.4 Å². The van der Waals surface area contributed by atoms with Crippen LogP contribution in [0.2, 0.25) is 0 Å². The second kappa shape index (κ2) is 6.69. The first kappa shape index (κ1) is 18.9. The van der Waals surface area contributed by atoms with E-state index in [1.807, 2.05) is 0 Å². The minimum atomic E-state index is -3.33. The number of aromatic nitrogens is 3. The summed E-state index contributed by atoms with van der Waals surface area (Å²) < 4.78 is 25.5. The minimum Gasteiger partial charge on any atom is -0.297 e. The molecule has 0 fully saturated rings. The van der Waals surface area contributed by atoms with Crippen molar-refractivity contribution in [2.75, 3.05) is 11.6 Å². The number of nitrogens with one attached hydrogen (secondary N) is 1. The van der Waals surface area contributed by atoms with E-state index in [9.17, 15) is 18.0 Å². The van der Waals surface area contributed by atoms with Crippen molar-refractivity contribution < 1.29 is 13.2 Å². The van der Waals surface area contributed by atoms with Gasteiger partial charge in [0.15, 0.2) is 15.0 Å². The largest absolute Gasteiger partial charge is 0.297 e. The molecule has 8 nitrogen and oxygen atoms in total. The Morgan fingerprint density at radius 3 is 2.73 bits per heavy atom. The normalized spacial score (nSPS) is 12.0. The van der Waals surface area contributed by atoms with Gasteiger partial charge in [0, 0.05) is 12.5 Å². The number of rotatable bonds is 3. The predicted molar refractivity (Wildman–Crippen MR) is 118 cm³/mol. The third-order valence-corrected chi connectivity index (χ3v) is 7.52. The topological polar surface area (TPSA) is 110 Å². The molecule has 1 aromatic carbocycles. The zero-order valence-corrected chi connectivity index (χ0v) is 17.8. The molecule has 5 rings (SSSR count). The lowest BCUT2D eigenvalue weighted by molar-refractivity contribution is 0.103. The average Bonchev–Trinajstić information content (AvgIpc) is 3.30. The van der Waals surface area contributed by atoms with Gasteiger partial charge in [0.25, 0.3) is 11.5 Å². The molecule has 0 aliphatic heterocycles. The maximum absolute atomic E-state index is 12.7. The summed E-state index contributed by atoms with van der Waals surface area (Å²) in [5, 5.41) is 3.43. The van der Waals surface area contributed by atoms with E-state index in [1.165, 1.54) is 33.9 Å². The molecule has 4 aromatic heterocycles. The third-order valence-electron chi connectivity index (χ3n) is 4.45. The van der Waals surface area contributed by atoms with Crippen LogP contribution in [0.3, 0.4) is 0 Å². The zero-order chi connectivity index (χ0) is 21.0. The Bertz CT molecular complexity index is 1650. The van der Waals surface area contributed by atoms with Crippen molar-refractivity contribution in [3.63, 3.8) is 0 Å². The number of pyridine rings is 1. The summed E-state index contributed by atoms with van der Waals surface area (Å²) >= 11 is 2.31. The molecule has 1 amide bonds. The van der Waals surface area contributed by atoms with Gasteiger partial charge < -0.3 is 0 Å². The number of benzene rings is 1. The summed E-state index contributed by atoms with van der Waals surface area (Å²) in [6, 6.07) is 11.4. The first-order valence-corrected chi connectivity index (χ1v) is 12.1. The van der Waals surface area contributed by atoms with Gasteiger partial charge in [-0.05, 0) is 36.4 Å². The van der Waals surface area contributed by atoms with Crippen LogP contribution in [-0.4, -0.2) is 34.9 Å². The molecule has 0 saturated carbocycles. The molecule has 0 aliphatic carbocycles. The van der Waals surface area contributed by atoms with Crippen molar-refractivity contribution in [3.05, 3.63) is 63.9 Å². The van der Waals surface area contributed by atoms with Crippen LogP contribution in [0.4, 0.5) is 5.13 Å². The second-order valence-electron chi connectivity index (χ2n) is 6.55. The number of amides is 1. The van der Waals surface area contributed by atoms with E-state index in [0.29, 0.717) is 36.1 Å². The standard InChI is InChI=1S/C19H12N4O4S3/c1-30(26,27)10-5-6-12-13(8-10)29-19(20-12)22-16(24)14-9-11-17(28-14)21-15-4-2-3-7-23(15)18(11)25/h2-9H,1H3,(H,20,22,24). The van der Waals surface area contributed by atoms with Crippen LogP contribution in [0, 0.1) is 0 Å². The predicted octanol–water partition coefficient (Wildman–Crippen LogP) is 3.17. The number of anilines is 1. The van der Waals surface area contributed by atoms with Gasteiger partial charge in [0.1, 0.15) is 10.5 Å². The quantitative estimate of drug-likeness (QED) is 0.446. The number of hydrogen-bond donors (Lipinski definition) is 1. The highest BCUT2D eigenvalue weighted by Crippen LogP contribution is 2.29. The lowest BCUT2D eigenvalue weighted by Gasteiger charge is -1.97. The van der Waals surface area contributed by atoms with Crippen LogP contribution in [-0.2, 0) is 9.84 Å². The van der Waals surface area contributed by atoms with Gasteiger partial charge in [-0.25, -0.2) is 18.4 Å². The Morgan fingerprint density at radius 1 is 1.10 bits per heavy atom. The fraction of sp³-hybridized carbons (Fsp3) is 0.0526. The number of thiophene rings is 1. The van der Waals surface area contributed by atoms with E-state index >= 15 is 0 Å². The molecule has 0 saturated heterocycles. The molecular formula is C19H12N4O4S3. The van der Waals surface area contributed by atoms with E-state index in [1.54, 1.807) is 30.5 Å². The summed E-state index contributed by atoms with van der Waals surface area (Å²) in [6.45, 7) is 0. The number of sulfone groups is 1. The Morgan fingerprint density at radius 2 is 1.93 bits per heavy atom. The van der Waals surface area contributed by atoms with Gasteiger partial charge >= 0.3 is 0 Å². The first-order chi connectivity index (χ1) is 14.3. The van der Waals surface area contributed by atoms with Crippen LogP contribution in [0.25, 0.3) is 26.1 Å². The molecule has 1 N–H and O–H groups in total. The highest BCUT2D eigenvalue weighted by atomic mass is 32.2. The van der Waals surface area contributed by atoms with Gasteiger partial charge in [0.2, 0.25) is 0 Å². The Hall–Kier alpha value is -3.15. The van der Waals surface area contributed by atoms with Gasteiger partial charge in [0.05, 0.1) is 25.4 Å². The maximum atomic E-state index is 12.7. The number of nitrogens with zero attached hydrogens (tertiary/aromatic N) is 3. The Balaban J connectivity index is 1.50. The van der Waals surface area contributed by atoms with E-state index in [2.05, 4.69) is 15.3 Å². The molecule has 0 unspecified atom stereocenters. The van der Waals surface area contributed by atoms with Gasteiger partial charge in [-0.2, -0.15) is 0 Å². The van der Waals surface area contributed by atoms with Crippen LogP contribution in [0.5, 0.6) is 0 Å². The summed E-state index contributed by atoms with van der Waals surface area (Å²) in [5.74, 6) is -0.408. The number of fused-ring (bicyclic) bond motifs is 3. The van der Waals surface area contributed by atoms with E-state index in [4.69, 9.17) is 0 Å². The molecule has 30 heavy (non-hydrogen) atoms. The van der Waals surface area contributed by atoms with Crippen molar-refractivity contribution >= 4 is 69.6 Å². The highest BCUT2D eigenvalue weighted by molar-refractivity contribution is 7.90. The molecule has 0 bridgehead atoms. The summed E-state index contributed by atoms with van der Waals surface area (Å²) in [7, 11) is -3.33. The number of carbonyl (C=O) groups is 1. The van der Waals surface area contributed by atoms with Crippen molar-refractivity contribution in [3.8, 4) is 0 Å². The van der Waals surface area contributed by atoms with Gasteiger partial charge in [-0.3, -0.25) is 19.3 Å². The molecule has 5 aromatic rings. The number of carbonyl (C=O) groups excluding carboxylic acids is 1. The third kappa shape index (κ3) is 3.16. The SMILES string of the molecule is CS(=O)(=O)c1ccc2nc(NC(=O)c3cc4c(=O)n5ccccc5nc4s3)sc2c1. The van der Waals surface area contributed by atoms with Crippen molar-refractivity contribution in [2.24, 2.45) is 0 Å². The summed E-state index contributed by atoms with van der Waals surface area (Å²) in [4.78, 5) is 35.2. The monoisotopic (exact) mass is 456 g/mol.